The molecule has 0 spiro atoms. The maximum Gasteiger partial charge on any atom is 0.488 e. The highest BCUT2D eigenvalue weighted by atomic mass is 32.1. The monoisotopic (exact) mass is 209 g/mol. The van der Waals surface area contributed by atoms with Crippen LogP contribution in [0.15, 0.2) is 28.2 Å². The first kappa shape index (κ1) is 10.9. The Kier molecular flexibility index (Phi) is 3.85. The van der Waals surface area contributed by atoms with Crippen molar-refractivity contribution in [3.8, 4) is 0 Å². The lowest BCUT2D eigenvalue weighted by Crippen LogP contribution is -2.30. The van der Waals surface area contributed by atoms with Gasteiger partial charge in [0.15, 0.2) is 0 Å². The summed E-state index contributed by atoms with van der Waals surface area (Å²) in [6.07, 6.45) is 0. The van der Waals surface area contributed by atoms with E-state index in [4.69, 9.17) is 15.6 Å². The number of thiol groups is 1. The van der Waals surface area contributed by atoms with Gasteiger partial charge in [-0.15, -0.1) is 12.6 Å². The molecule has 1 rings (SSSR count). The van der Waals surface area contributed by atoms with Crippen LogP contribution in [-0.4, -0.2) is 17.2 Å². The highest BCUT2D eigenvalue weighted by Gasteiger charge is 2.11. The van der Waals surface area contributed by atoms with E-state index in [9.17, 15) is 0 Å². The second kappa shape index (κ2) is 4.92. The largest absolute Gasteiger partial charge is 0.488 e. The minimum Gasteiger partial charge on any atom is -0.423 e. The van der Waals surface area contributed by atoms with Crippen molar-refractivity contribution in [2.75, 3.05) is 0 Å². The first-order chi connectivity index (χ1) is 6.63. The smallest absolute Gasteiger partial charge is 0.423 e. The molecule has 0 saturated carbocycles. The van der Waals surface area contributed by atoms with Crippen molar-refractivity contribution in [2.45, 2.75) is 11.4 Å². The fraction of sp³-hybridized carbons (Fsp3) is 0.143. The molecule has 1 aromatic rings. The van der Waals surface area contributed by atoms with Crippen molar-refractivity contribution in [3.63, 3.8) is 0 Å². The van der Waals surface area contributed by atoms with E-state index < -0.39 is 7.12 Å². The molecule has 2 N–H and O–H groups in total. The van der Waals surface area contributed by atoms with E-state index in [1.165, 1.54) is 6.07 Å². The maximum atomic E-state index is 8.92. The molecule has 0 saturated heterocycles. The van der Waals surface area contributed by atoms with E-state index in [1.807, 2.05) is 0 Å². The normalized spacial score (nSPS) is 9.36. The van der Waals surface area contributed by atoms with Gasteiger partial charge >= 0.3 is 7.12 Å². The van der Waals surface area contributed by atoms with Gasteiger partial charge in [-0.3, -0.25) is 0 Å². The van der Waals surface area contributed by atoms with Crippen molar-refractivity contribution in [1.82, 2.24) is 0 Å². The number of rotatable bonds is 3. The summed E-state index contributed by atoms with van der Waals surface area (Å²) in [5, 5.41) is 21.2. The Labute approximate surface area is 86.6 Å². The van der Waals surface area contributed by atoms with Crippen LogP contribution < -0.4 is 5.46 Å². The lowest BCUT2D eigenvalue weighted by Gasteiger charge is -2.03. The summed E-state index contributed by atoms with van der Waals surface area (Å²) in [5.41, 5.74) is 9.14. The molecule has 0 unspecified atom stereocenters. The van der Waals surface area contributed by atoms with Crippen molar-refractivity contribution in [3.05, 3.63) is 34.2 Å². The molecule has 7 heteroatoms. The topological polar surface area (TPSA) is 89.2 Å². The number of hydrogen-bond acceptors (Lipinski definition) is 4. The third kappa shape index (κ3) is 2.97. The Bertz CT molecular complexity index is 379. The fourth-order valence-corrected chi connectivity index (χ4v) is 1.37. The Morgan fingerprint density at radius 3 is 2.71 bits per heavy atom. The number of nitrogens with zero attached hydrogens (tertiary/aromatic N) is 3. The Morgan fingerprint density at radius 1 is 1.43 bits per heavy atom. The molecule has 0 atom stereocenters. The molecule has 5 nitrogen and oxygen atoms in total. The third-order valence-electron chi connectivity index (χ3n) is 1.61. The summed E-state index contributed by atoms with van der Waals surface area (Å²) < 4.78 is 0. The van der Waals surface area contributed by atoms with Gasteiger partial charge in [-0.05, 0) is 28.7 Å². The van der Waals surface area contributed by atoms with E-state index >= 15 is 0 Å². The number of benzene rings is 1. The molecule has 1 aromatic carbocycles. The molecule has 0 aromatic heterocycles. The highest BCUT2D eigenvalue weighted by molar-refractivity contribution is 7.80. The molecule has 0 aliphatic carbocycles. The van der Waals surface area contributed by atoms with Crippen LogP contribution in [0, 0.1) is 0 Å². The Hall–Kier alpha value is -1.14. The lowest BCUT2D eigenvalue weighted by atomic mass is 9.79. The fourth-order valence-electron chi connectivity index (χ4n) is 1.05. The molecule has 0 fully saturated rings. The molecule has 0 bridgehead atoms. The Balaban J connectivity index is 3.00. The van der Waals surface area contributed by atoms with Crippen LogP contribution >= 0.6 is 12.6 Å². The molecular formula is C7H8BN3O2S. The first-order valence-corrected chi connectivity index (χ1v) is 4.28. The summed E-state index contributed by atoms with van der Waals surface area (Å²) in [6.45, 7) is 0.171. The average molecular weight is 209 g/mol. The average Bonchev–Trinajstić information content (AvgIpc) is 2.14. The van der Waals surface area contributed by atoms with Gasteiger partial charge in [-0.25, -0.2) is 0 Å². The van der Waals surface area contributed by atoms with Crippen LogP contribution in [0.2, 0.25) is 0 Å². The summed E-state index contributed by atoms with van der Waals surface area (Å²) in [4.78, 5) is 3.21. The number of azide groups is 1. The predicted molar refractivity (Wildman–Crippen MR) is 56.4 cm³/mol. The third-order valence-corrected chi connectivity index (χ3v) is 1.87. The van der Waals surface area contributed by atoms with Crippen molar-refractivity contribution in [2.24, 2.45) is 5.11 Å². The standard InChI is InChI=1S/C7H8BN3O2S/c9-11-10-4-5-1-6(8(12)13)3-7(14)2-5/h1-3,12-14H,4H2. The van der Waals surface area contributed by atoms with E-state index in [2.05, 4.69) is 22.7 Å². The predicted octanol–water partition coefficient (Wildman–Crippen LogP) is 0.465. The van der Waals surface area contributed by atoms with Crippen LogP contribution in [-0.2, 0) is 6.54 Å². The molecule has 0 amide bonds. The van der Waals surface area contributed by atoms with Gasteiger partial charge in [-0.2, -0.15) is 0 Å². The van der Waals surface area contributed by atoms with Gasteiger partial charge in [-0.1, -0.05) is 11.2 Å². The summed E-state index contributed by atoms with van der Waals surface area (Å²) in [7, 11) is -1.54. The zero-order valence-corrected chi connectivity index (χ0v) is 8.09. The molecule has 0 heterocycles. The molecule has 0 aliphatic heterocycles. The SMILES string of the molecule is [N-]=[N+]=NCc1cc(S)cc(B(O)O)c1. The molecule has 14 heavy (non-hydrogen) atoms. The van der Waals surface area contributed by atoms with E-state index in [0.717, 1.165) is 0 Å². The van der Waals surface area contributed by atoms with Gasteiger partial charge in [0.1, 0.15) is 0 Å². The van der Waals surface area contributed by atoms with Crippen molar-refractivity contribution >= 4 is 25.2 Å². The van der Waals surface area contributed by atoms with Crippen LogP contribution in [0.5, 0.6) is 0 Å². The summed E-state index contributed by atoms with van der Waals surface area (Å²) in [5.74, 6) is 0. The molecule has 0 aliphatic rings. The van der Waals surface area contributed by atoms with Crippen LogP contribution in [0.3, 0.4) is 0 Å². The van der Waals surface area contributed by atoms with Gasteiger partial charge in [0.25, 0.3) is 0 Å². The summed E-state index contributed by atoms with van der Waals surface area (Å²) in [6, 6.07) is 4.79. The zero-order chi connectivity index (χ0) is 10.6. The van der Waals surface area contributed by atoms with Gasteiger partial charge in [0.05, 0.1) is 6.54 Å². The first-order valence-electron chi connectivity index (χ1n) is 3.83. The van der Waals surface area contributed by atoms with Gasteiger partial charge < -0.3 is 10.0 Å². The molecule has 0 radical (unpaired) electrons. The second-order valence-corrected chi connectivity index (χ2v) is 3.21. The van der Waals surface area contributed by atoms with Crippen LogP contribution in [0.25, 0.3) is 10.4 Å². The van der Waals surface area contributed by atoms with Crippen LogP contribution in [0.1, 0.15) is 5.56 Å². The highest BCUT2D eigenvalue weighted by Crippen LogP contribution is 2.08. The molecule has 72 valence electrons. The summed E-state index contributed by atoms with van der Waals surface area (Å²) >= 11 is 4.08. The minimum absolute atomic E-state index is 0.171. The zero-order valence-electron chi connectivity index (χ0n) is 7.20. The van der Waals surface area contributed by atoms with E-state index in [-0.39, 0.29) is 6.54 Å². The van der Waals surface area contributed by atoms with Crippen molar-refractivity contribution < 1.29 is 10.0 Å². The number of hydrogen-bond donors (Lipinski definition) is 3. The quantitative estimate of drug-likeness (QED) is 0.222. The second-order valence-electron chi connectivity index (χ2n) is 2.70. The van der Waals surface area contributed by atoms with E-state index in [0.29, 0.717) is 15.9 Å². The van der Waals surface area contributed by atoms with Gasteiger partial charge in [0.2, 0.25) is 0 Å². The van der Waals surface area contributed by atoms with Gasteiger partial charge in [0, 0.05) is 9.81 Å². The maximum absolute atomic E-state index is 8.92. The minimum atomic E-state index is -1.54. The van der Waals surface area contributed by atoms with Crippen molar-refractivity contribution in [1.29, 1.82) is 0 Å². The van der Waals surface area contributed by atoms with E-state index in [1.54, 1.807) is 12.1 Å². The Morgan fingerprint density at radius 2 is 2.14 bits per heavy atom. The molecular weight excluding hydrogens is 201 g/mol. The lowest BCUT2D eigenvalue weighted by molar-refractivity contribution is 0.425. The van der Waals surface area contributed by atoms with Crippen LogP contribution in [0.4, 0.5) is 0 Å².